The monoisotopic (exact) mass is 330 g/mol. The van der Waals surface area contributed by atoms with Gasteiger partial charge < -0.3 is 10.2 Å². The lowest BCUT2D eigenvalue weighted by atomic mass is 9.85. The lowest BCUT2D eigenvalue weighted by Gasteiger charge is -2.30. The van der Waals surface area contributed by atoms with Gasteiger partial charge in [-0.1, -0.05) is 39.0 Å². The molecule has 1 N–H and O–H groups in total. The Bertz CT molecular complexity index is 312. The zero-order valence-corrected chi connectivity index (χ0v) is 15.3. The molecule has 2 fully saturated rings. The molecular weight excluding hydrogens is 296 g/mol. The van der Waals surface area contributed by atoms with Crippen molar-refractivity contribution in [2.24, 2.45) is 17.8 Å². The van der Waals surface area contributed by atoms with E-state index in [-0.39, 0.29) is 12.4 Å². The normalized spacial score (nSPS) is 24.4. The van der Waals surface area contributed by atoms with Crippen molar-refractivity contribution in [2.45, 2.75) is 64.7 Å². The standard InChI is InChI=1S/C18H34N2O.ClH/c1-15(17-9-6-11-19-14-17)13-18(21)20(2)12-10-16-7-4-3-5-8-16;/h15-17,19H,3-14H2,1-2H3;1H. The lowest BCUT2D eigenvalue weighted by Crippen LogP contribution is -2.36. The maximum atomic E-state index is 12.4. The van der Waals surface area contributed by atoms with Gasteiger partial charge in [0.05, 0.1) is 0 Å². The summed E-state index contributed by atoms with van der Waals surface area (Å²) in [6, 6.07) is 0. The Morgan fingerprint density at radius 3 is 2.55 bits per heavy atom. The van der Waals surface area contributed by atoms with Crippen LogP contribution in [-0.4, -0.2) is 37.5 Å². The molecule has 0 aromatic carbocycles. The molecular formula is C18H35ClN2O. The van der Waals surface area contributed by atoms with Crippen molar-refractivity contribution < 1.29 is 4.79 Å². The molecule has 1 saturated carbocycles. The first-order chi connectivity index (χ1) is 10.2. The van der Waals surface area contributed by atoms with Crippen LogP contribution < -0.4 is 5.32 Å². The maximum Gasteiger partial charge on any atom is 0.222 e. The molecule has 2 unspecified atom stereocenters. The van der Waals surface area contributed by atoms with Crippen LogP contribution in [0.25, 0.3) is 0 Å². The van der Waals surface area contributed by atoms with E-state index in [0.717, 1.165) is 32.0 Å². The first kappa shape index (κ1) is 19.8. The van der Waals surface area contributed by atoms with Gasteiger partial charge in [0.1, 0.15) is 0 Å². The van der Waals surface area contributed by atoms with Crippen LogP contribution in [0.2, 0.25) is 0 Å². The minimum atomic E-state index is 0. The van der Waals surface area contributed by atoms with Crippen LogP contribution in [0.3, 0.4) is 0 Å². The van der Waals surface area contributed by atoms with Gasteiger partial charge in [-0.25, -0.2) is 0 Å². The quantitative estimate of drug-likeness (QED) is 0.802. The maximum absolute atomic E-state index is 12.4. The highest BCUT2D eigenvalue weighted by Gasteiger charge is 2.23. The molecule has 130 valence electrons. The van der Waals surface area contributed by atoms with Gasteiger partial charge in [-0.15, -0.1) is 12.4 Å². The van der Waals surface area contributed by atoms with Crippen LogP contribution in [0.15, 0.2) is 0 Å². The van der Waals surface area contributed by atoms with Crippen molar-refractivity contribution in [3.63, 3.8) is 0 Å². The second-order valence-corrected chi connectivity index (χ2v) is 7.40. The Morgan fingerprint density at radius 2 is 1.91 bits per heavy atom. The summed E-state index contributed by atoms with van der Waals surface area (Å²) in [6.45, 7) is 5.46. The number of hydrogen-bond donors (Lipinski definition) is 1. The highest BCUT2D eigenvalue weighted by atomic mass is 35.5. The summed E-state index contributed by atoms with van der Waals surface area (Å²) in [5, 5.41) is 3.46. The van der Waals surface area contributed by atoms with Crippen molar-refractivity contribution >= 4 is 18.3 Å². The number of halogens is 1. The number of nitrogens with zero attached hydrogens (tertiary/aromatic N) is 1. The average Bonchev–Trinajstić information content (AvgIpc) is 2.54. The van der Waals surface area contributed by atoms with Crippen molar-refractivity contribution in [3.8, 4) is 0 Å². The molecule has 0 spiro atoms. The highest BCUT2D eigenvalue weighted by Crippen LogP contribution is 2.27. The van der Waals surface area contributed by atoms with E-state index in [1.807, 2.05) is 11.9 Å². The molecule has 2 atom stereocenters. The molecule has 1 amide bonds. The summed E-state index contributed by atoms with van der Waals surface area (Å²) in [7, 11) is 2.00. The van der Waals surface area contributed by atoms with Crippen LogP contribution in [-0.2, 0) is 4.79 Å². The SMILES string of the molecule is CC(CC(=O)N(C)CCC1CCCCC1)C1CCCNC1.Cl. The van der Waals surface area contributed by atoms with Gasteiger partial charge in [0.2, 0.25) is 5.91 Å². The van der Waals surface area contributed by atoms with Gasteiger partial charge in [-0.2, -0.15) is 0 Å². The molecule has 1 aliphatic carbocycles. The molecule has 0 aromatic heterocycles. The van der Waals surface area contributed by atoms with Gasteiger partial charge >= 0.3 is 0 Å². The summed E-state index contributed by atoms with van der Waals surface area (Å²) in [5.74, 6) is 2.43. The summed E-state index contributed by atoms with van der Waals surface area (Å²) in [6.07, 6.45) is 11.5. The smallest absolute Gasteiger partial charge is 0.222 e. The van der Waals surface area contributed by atoms with Crippen LogP contribution in [0.5, 0.6) is 0 Å². The van der Waals surface area contributed by atoms with Gasteiger partial charge in [-0.05, 0) is 50.1 Å². The molecule has 22 heavy (non-hydrogen) atoms. The molecule has 2 aliphatic rings. The second kappa shape index (κ2) is 10.5. The molecule has 2 rings (SSSR count). The van der Waals surface area contributed by atoms with Crippen LogP contribution in [0.4, 0.5) is 0 Å². The van der Waals surface area contributed by atoms with Crippen molar-refractivity contribution in [3.05, 3.63) is 0 Å². The molecule has 0 radical (unpaired) electrons. The Balaban J connectivity index is 0.00000242. The zero-order valence-electron chi connectivity index (χ0n) is 14.5. The fourth-order valence-electron chi connectivity index (χ4n) is 3.94. The van der Waals surface area contributed by atoms with E-state index in [1.165, 1.54) is 51.4 Å². The van der Waals surface area contributed by atoms with E-state index in [4.69, 9.17) is 0 Å². The summed E-state index contributed by atoms with van der Waals surface area (Å²) >= 11 is 0. The van der Waals surface area contributed by atoms with Crippen molar-refractivity contribution in [1.29, 1.82) is 0 Å². The Hall–Kier alpha value is -0.280. The fraction of sp³-hybridized carbons (Fsp3) is 0.944. The molecule has 1 aliphatic heterocycles. The molecule has 4 heteroatoms. The number of hydrogen-bond acceptors (Lipinski definition) is 2. The van der Waals surface area contributed by atoms with E-state index in [1.54, 1.807) is 0 Å². The molecule has 3 nitrogen and oxygen atoms in total. The largest absolute Gasteiger partial charge is 0.346 e. The predicted octanol–water partition coefficient (Wildman–Crippen LogP) is 3.86. The van der Waals surface area contributed by atoms with Gasteiger partial charge in [-0.3, -0.25) is 4.79 Å². The molecule has 0 bridgehead atoms. The minimum Gasteiger partial charge on any atom is -0.346 e. The third-order valence-electron chi connectivity index (χ3n) is 5.66. The number of carbonyl (C=O) groups is 1. The number of amides is 1. The summed E-state index contributed by atoms with van der Waals surface area (Å²) in [4.78, 5) is 14.4. The van der Waals surface area contributed by atoms with Crippen molar-refractivity contribution in [2.75, 3.05) is 26.7 Å². The number of carbonyl (C=O) groups excluding carboxylic acids is 1. The Morgan fingerprint density at radius 1 is 1.18 bits per heavy atom. The van der Waals surface area contributed by atoms with Crippen LogP contribution in [0.1, 0.15) is 64.7 Å². The Labute approximate surface area is 143 Å². The molecule has 1 heterocycles. The van der Waals surface area contributed by atoms with Crippen LogP contribution >= 0.6 is 12.4 Å². The summed E-state index contributed by atoms with van der Waals surface area (Å²) in [5.41, 5.74) is 0. The minimum absolute atomic E-state index is 0. The average molecular weight is 331 g/mol. The summed E-state index contributed by atoms with van der Waals surface area (Å²) < 4.78 is 0. The third kappa shape index (κ3) is 6.45. The topological polar surface area (TPSA) is 32.3 Å². The van der Waals surface area contributed by atoms with Gasteiger partial charge in [0.15, 0.2) is 0 Å². The van der Waals surface area contributed by atoms with Gasteiger partial charge in [0.25, 0.3) is 0 Å². The van der Waals surface area contributed by atoms with Crippen LogP contribution in [0, 0.1) is 17.8 Å². The second-order valence-electron chi connectivity index (χ2n) is 7.40. The van der Waals surface area contributed by atoms with E-state index in [0.29, 0.717) is 17.7 Å². The number of rotatable bonds is 6. The predicted molar refractivity (Wildman–Crippen MR) is 95.5 cm³/mol. The fourth-order valence-corrected chi connectivity index (χ4v) is 3.94. The third-order valence-corrected chi connectivity index (χ3v) is 5.66. The number of nitrogens with one attached hydrogen (secondary N) is 1. The Kier molecular flexibility index (Phi) is 9.42. The van der Waals surface area contributed by atoms with E-state index in [9.17, 15) is 4.79 Å². The lowest BCUT2D eigenvalue weighted by molar-refractivity contribution is -0.131. The number of piperidine rings is 1. The first-order valence-electron chi connectivity index (χ1n) is 9.11. The van der Waals surface area contributed by atoms with E-state index < -0.39 is 0 Å². The first-order valence-corrected chi connectivity index (χ1v) is 9.11. The van der Waals surface area contributed by atoms with E-state index in [2.05, 4.69) is 12.2 Å². The van der Waals surface area contributed by atoms with E-state index >= 15 is 0 Å². The van der Waals surface area contributed by atoms with Gasteiger partial charge in [0, 0.05) is 20.0 Å². The molecule has 1 saturated heterocycles. The highest BCUT2D eigenvalue weighted by molar-refractivity contribution is 5.85. The molecule has 0 aromatic rings. The van der Waals surface area contributed by atoms with Crippen molar-refractivity contribution in [1.82, 2.24) is 10.2 Å². The zero-order chi connectivity index (χ0) is 15.1.